The maximum atomic E-state index is 12.8. The van der Waals surface area contributed by atoms with E-state index in [2.05, 4.69) is 24.1 Å². The summed E-state index contributed by atoms with van der Waals surface area (Å²) in [5.41, 5.74) is 8.83. The molecule has 3 aromatic heterocycles. The molecule has 0 bridgehead atoms. The molecule has 32 heavy (non-hydrogen) atoms. The average molecular weight is 462 g/mol. The summed E-state index contributed by atoms with van der Waals surface area (Å²) < 4.78 is 0. The van der Waals surface area contributed by atoms with Gasteiger partial charge in [0.2, 0.25) is 0 Å². The first-order valence-corrected chi connectivity index (χ1v) is 12.0. The fourth-order valence-electron chi connectivity index (χ4n) is 3.28. The third-order valence-electron chi connectivity index (χ3n) is 4.84. The van der Waals surface area contributed by atoms with Crippen LogP contribution < -0.4 is 11.1 Å². The van der Waals surface area contributed by atoms with Crippen LogP contribution in [-0.4, -0.2) is 16.7 Å². The highest BCUT2D eigenvalue weighted by Crippen LogP contribution is 2.33. The molecule has 0 atom stereocenters. The SMILES string of the molecule is CC(C)Cc1ccc2c(N)c(C(=O)Nc3ccc(C(=O)/C=C/c4cccs4)cc3)sc2n1. The molecular formula is C25H23N3O2S2. The van der Waals surface area contributed by atoms with Gasteiger partial charge in [-0.15, -0.1) is 22.7 Å². The van der Waals surface area contributed by atoms with Crippen LogP contribution in [0.2, 0.25) is 0 Å². The number of carbonyl (C=O) groups is 2. The molecule has 1 aromatic carbocycles. The van der Waals surface area contributed by atoms with Gasteiger partial charge in [0.05, 0.1) is 5.69 Å². The molecular weight excluding hydrogens is 438 g/mol. The number of hydrogen-bond acceptors (Lipinski definition) is 6. The number of ketones is 1. The fourth-order valence-corrected chi connectivity index (χ4v) is 4.91. The van der Waals surface area contributed by atoms with E-state index in [1.54, 1.807) is 47.8 Å². The molecule has 0 aliphatic rings. The van der Waals surface area contributed by atoms with Crippen molar-refractivity contribution in [2.45, 2.75) is 20.3 Å². The Labute approximate surface area is 194 Å². The summed E-state index contributed by atoms with van der Waals surface area (Å²) in [6.45, 7) is 4.29. The quantitative estimate of drug-likeness (QED) is 0.250. The maximum absolute atomic E-state index is 12.8. The summed E-state index contributed by atoms with van der Waals surface area (Å²) in [4.78, 5) is 32.1. The molecule has 0 aliphatic heterocycles. The second-order valence-corrected chi connectivity index (χ2v) is 9.82. The number of nitrogens with one attached hydrogen (secondary N) is 1. The van der Waals surface area contributed by atoms with E-state index in [-0.39, 0.29) is 11.7 Å². The molecule has 4 rings (SSSR count). The van der Waals surface area contributed by atoms with Crippen LogP contribution in [0.1, 0.15) is 44.4 Å². The van der Waals surface area contributed by atoms with Gasteiger partial charge in [-0.05, 0) is 72.3 Å². The lowest BCUT2D eigenvalue weighted by Crippen LogP contribution is -2.12. The minimum atomic E-state index is -0.285. The summed E-state index contributed by atoms with van der Waals surface area (Å²) >= 11 is 2.87. The van der Waals surface area contributed by atoms with Crippen LogP contribution in [0.5, 0.6) is 0 Å². The lowest BCUT2D eigenvalue weighted by atomic mass is 10.1. The zero-order valence-corrected chi connectivity index (χ0v) is 19.4. The molecule has 3 N–H and O–H groups in total. The number of aromatic nitrogens is 1. The van der Waals surface area contributed by atoms with E-state index < -0.39 is 0 Å². The first-order valence-electron chi connectivity index (χ1n) is 10.3. The van der Waals surface area contributed by atoms with E-state index in [1.165, 1.54) is 11.3 Å². The first kappa shape index (κ1) is 21.9. The molecule has 0 saturated heterocycles. The Morgan fingerprint density at radius 2 is 1.91 bits per heavy atom. The average Bonchev–Trinajstić information content (AvgIpc) is 3.40. The third kappa shape index (κ3) is 4.95. The van der Waals surface area contributed by atoms with Crippen molar-refractivity contribution < 1.29 is 9.59 Å². The van der Waals surface area contributed by atoms with E-state index in [9.17, 15) is 9.59 Å². The lowest BCUT2D eigenvalue weighted by molar-refractivity contribution is 0.102. The monoisotopic (exact) mass is 461 g/mol. The van der Waals surface area contributed by atoms with E-state index in [1.807, 2.05) is 29.6 Å². The van der Waals surface area contributed by atoms with Crippen molar-refractivity contribution in [3.63, 3.8) is 0 Å². The Hall–Kier alpha value is -3.29. The highest BCUT2D eigenvalue weighted by molar-refractivity contribution is 7.21. The van der Waals surface area contributed by atoms with E-state index in [0.29, 0.717) is 27.7 Å². The molecule has 3 heterocycles. The number of carbonyl (C=O) groups excluding carboxylic acids is 2. The van der Waals surface area contributed by atoms with Crippen LogP contribution in [0.25, 0.3) is 16.3 Å². The van der Waals surface area contributed by atoms with E-state index >= 15 is 0 Å². The molecule has 5 nitrogen and oxygen atoms in total. The van der Waals surface area contributed by atoms with Gasteiger partial charge < -0.3 is 11.1 Å². The lowest BCUT2D eigenvalue weighted by Gasteiger charge is -2.05. The van der Waals surface area contributed by atoms with Crippen molar-refractivity contribution in [3.05, 3.63) is 81.0 Å². The highest BCUT2D eigenvalue weighted by atomic mass is 32.1. The number of amides is 1. The summed E-state index contributed by atoms with van der Waals surface area (Å²) in [6, 6.07) is 14.6. The van der Waals surface area contributed by atoms with Crippen LogP contribution in [0.4, 0.5) is 11.4 Å². The first-order chi connectivity index (χ1) is 15.4. The van der Waals surface area contributed by atoms with Crippen molar-refractivity contribution in [2.24, 2.45) is 5.92 Å². The standard InChI is InChI=1S/C25H23N3O2S2/c1-15(2)14-18-9-11-20-22(26)23(32-25(20)28-18)24(30)27-17-7-5-16(6-8-17)21(29)12-10-19-4-3-13-31-19/h3-13,15H,14,26H2,1-2H3,(H,27,30)/b12-10+. The van der Waals surface area contributed by atoms with Crippen molar-refractivity contribution in [1.29, 1.82) is 0 Å². The molecule has 0 radical (unpaired) electrons. The Balaban J connectivity index is 1.47. The van der Waals surface area contributed by atoms with Crippen LogP contribution in [0.15, 0.2) is 60.0 Å². The fraction of sp³-hybridized carbons (Fsp3) is 0.160. The second-order valence-electron chi connectivity index (χ2n) is 7.84. The molecule has 0 spiro atoms. The Morgan fingerprint density at radius 3 is 2.59 bits per heavy atom. The largest absolute Gasteiger partial charge is 0.397 e. The number of nitrogens with zero attached hydrogens (tertiary/aromatic N) is 1. The van der Waals surface area contributed by atoms with Gasteiger partial charge in [0.15, 0.2) is 5.78 Å². The normalized spacial score (nSPS) is 11.5. The molecule has 1 amide bonds. The smallest absolute Gasteiger partial charge is 0.267 e. The third-order valence-corrected chi connectivity index (χ3v) is 6.80. The zero-order chi connectivity index (χ0) is 22.7. The van der Waals surface area contributed by atoms with Crippen molar-refractivity contribution >= 4 is 62.0 Å². The summed E-state index contributed by atoms with van der Waals surface area (Å²) in [6.07, 6.45) is 4.23. The predicted molar refractivity (Wildman–Crippen MR) is 135 cm³/mol. The summed E-state index contributed by atoms with van der Waals surface area (Å²) in [5, 5.41) is 5.62. The number of pyridine rings is 1. The Bertz CT molecular complexity index is 1290. The molecule has 0 saturated carbocycles. The molecule has 0 fully saturated rings. The maximum Gasteiger partial charge on any atom is 0.267 e. The Morgan fingerprint density at radius 1 is 1.12 bits per heavy atom. The molecule has 7 heteroatoms. The number of fused-ring (bicyclic) bond motifs is 1. The highest BCUT2D eigenvalue weighted by Gasteiger charge is 2.18. The minimum absolute atomic E-state index is 0.0895. The second kappa shape index (κ2) is 9.46. The van der Waals surface area contributed by atoms with Gasteiger partial charge >= 0.3 is 0 Å². The van der Waals surface area contributed by atoms with Gasteiger partial charge in [0, 0.05) is 27.2 Å². The van der Waals surface area contributed by atoms with Crippen molar-refractivity contribution in [3.8, 4) is 0 Å². The number of allylic oxidation sites excluding steroid dienone is 1. The summed E-state index contributed by atoms with van der Waals surface area (Å²) in [7, 11) is 0. The summed E-state index contributed by atoms with van der Waals surface area (Å²) in [5.74, 6) is 0.127. The van der Waals surface area contributed by atoms with E-state index in [0.717, 1.165) is 27.2 Å². The van der Waals surface area contributed by atoms with Gasteiger partial charge in [-0.1, -0.05) is 19.9 Å². The van der Waals surface area contributed by atoms with E-state index in [4.69, 9.17) is 5.73 Å². The van der Waals surface area contributed by atoms with Gasteiger partial charge in [-0.2, -0.15) is 0 Å². The number of anilines is 2. The van der Waals surface area contributed by atoms with Crippen LogP contribution >= 0.6 is 22.7 Å². The number of hydrogen-bond donors (Lipinski definition) is 2. The molecule has 0 unspecified atom stereocenters. The number of rotatable bonds is 7. The van der Waals surface area contributed by atoms with Crippen LogP contribution in [0, 0.1) is 5.92 Å². The van der Waals surface area contributed by atoms with Crippen molar-refractivity contribution in [2.75, 3.05) is 11.1 Å². The van der Waals surface area contributed by atoms with Crippen LogP contribution in [-0.2, 0) is 6.42 Å². The number of nitrogen functional groups attached to an aromatic ring is 1. The zero-order valence-electron chi connectivity index (χ0n) is 17.8. The Kier molecular flexibility index (Phi) is 6.48. The topological polar surface area (TPSA) is 85.1 Å². The number of nitrogens with two attached hydrogens (primary N) is 1. The van der Waals surface area contributed by atoms with Crippen molar-refractivity contribution in [1.82, 2.24) is 4.98 Å². The molecule has 4 aromatic rings. The van der Waals surface area contributed by atoms with Crippen LogP contribution in [0.3, 0.4) is 0 Å². The van der Waals surface area contributed by atoms with Gasteiger partial charge in [-0.3, -0.25) is 9.59 Å². The van der Waals surface area contributed by atoms with Gasteiger partial charge in [-0.25, -0.2) is 4.98 Å². The number of thiophene rings is 2. The van der Waals surface area contributed by atoms with Gasteiger partial charge in [0.25, 0.3) is 5.91 Å². The minimum Gasteiger partial charge on any atom is -0.397 e. The number of benzene rings is 1. The molecule has 0 aliphatic carbocycles. The predicted octanol–water partition coefficient (Wildman–Crippen LogP) is 6.29. The van der Waals surface area contributed by atoms with Gasteiger partial charge in [0.1, 0.15) is 9.71 Å². The molecule has 162 valence electrons.